The lowest BCUT2D eigenvalue weighted by molar-refractivity contribution is -0.687. The molecule has 0 aliphatic carbocycles. The number of para-hydroxylation sites is 1. The number of nitrogens with zero attached hydrogens (tertiary/aromatic N) is 3. The van der Waals surface area contributed by atoms with Crippen molar-refractivity contribution >= 4 is 10.9 Å². The summed E-state index contributed by atoms with van der Waals surface area (Å²) >= 11 is 0. The Kier molecular flexibility index (Phi) is 4.77. The number of hydrogen-bond donors (Lipinski definition) is 1. The molecule has 2 aromatic heterocycles. The molecule has 4 aromatic rings. The maximum absolute atomic E-state index is 13.2. The first-order chi connectivity index (χ1) is 13.2. The van der Waals surface area contributed by atoms with Gasteiger partial charge in [-0.2, -0.15) is 0 Å². The van der Waals surface area contributed by atoms with Crippen molar-refractivity contribution in [1.29, 1.82) is 0 Å². The molecule has 0 fully saturated rings. The van der Waals surface area contributed by atoms with E-state index in [4.69, 9.17) is 4.98 Å². The summed E-state index contributed by atoms with van der Waals surface area (Å²) in [5, 5.41) is 2.77. The van der Waals surface area contributed by atoms with Crippen LogP contribution in [0.3, 0.4) is 0 Å². The van der Waals surface area contributed by atoms with Gasteiger partial charge in [0, 0.05) is 18.0 Å². The molecule has 0 amide bonds. The molecule has 0 unspecified atom stereocenters. The third kappa shape index (κ3) is 3.64. The number of aromatic nitrogens is 3. The second-order valence-electron chi connectivity index (χ2n) is 6.58. The number of nitrogens with two attached hydrogens (primary N) is 1. The Balaban J connectivity index is 1.74. The summed E-state index contributed by atoms with van der Waals surface area (Å²) in [5.41, 5.74) is 3.84. The summed E-state index contributed by atoms with van der Waals surface area (Å²) in [6.07, 6.45) is 3.63. The fraction of sp³-hybridized carbons (Fsp3) is 0.136. The van der Waals surface area contributed by atoms with Crippen molar-refractivity contribution in [2.45, 2.75) is 20.0 Å². The lowest BCUT2D eigenvalue weighted by Crippen LogP contribution is -2.81. The minimum absolute atomic E-state index is 0.0331. The van der Waals surface area contributed by atoms with Gasteiger partial charge in [0.15, 0.2) is 5.82 Å². The molecular weight excluding hydrogens is 336 g/mol. The molecule has 5 heteroatoms. The Hall–Kier alpha value is -3.31. The number of hydrogen-bond acceptors (Lipinski definition) is 3. The molecular formula is C22H21N4O+. The van der Waals surface area contributed by atoms with Crippen LogP contribution in [0.1, 0.15) is 17.0 Å². The molecule has 0 aliphatic heterocycles. The van der Waals surface area contributed by atoms with E-state index in [1.807, 2.05) is 73.8 Å². The fourth-order valence-corrected chi connectivity index (χ4v) is 3.16. The van der Waals surface area contributed by atoms with Gasteiger partial charge in [-0.3, -0.25) is 14.3 Å². The van der Waals surface area contributed by atoms with Crippen molar-refractivity contribution in [2.75, 3.05) is 0 Å². The number of benzene rings is 2. The first-order valence-corrected chi connectivity index (χ1v) is 9.00. The molecule has 2 N–H and O–H groups in total. The monoisotopic (exact) mass is 357 g/mol. The number of fused-ring (bicyclic) bond motifs is 1. The lowest BCUT2D eigenvalue weighted by atomic mass is 10.2. The molecule has 0 saturated heterocycles. The second-order valence-corrected chi connectivity index (χ2v) is 6.58. The van der Waals surface area contributed by atoms with Gasteiger partial charge < -0.3 is 5.32 Å². The summed E-state index contributed by atoms with van der Waals surface area (Å²) in [6, 6.07) is 19.5. The number of pyridine rings is 1. The van der Waals surface area contributed by atoms with Gasteiger partial charge in [-0.1, -0.05) is 35.9 Å². The molecule has 134 valence electrons. The molecule has 0 aliphatic rings. The van der Waals surface area contributed by atoms with Crippen LogP contribution in [0.25, 0.3) is 16.6 Å². The van der Waals surface area contributed by atoms with Crippen LogP contribution in [-0.2, 0) is 13.1 Å². The Labute approximate surface area is 157 Å². The summed E-state index contributed by atoms with van der Waals surface area (Å²) < 4.78 is 1.72. The standard InChI is InChI=1S/C22H20N4O/c1-16-8-10-18(11-9-16)26-21(15-24-14-17-5-4-12-23-13-17)25-20-7-3-2-6-19(20)22(26)27/h2-13,24H,14-15H2,1H3/p+1. The van der Waals surface area contributed by atoms with Crippen molar-refractivity contribution in [3.05, 3.63) is 100 Å². The largest absolute Gasteiger partial charge is 0.336 e. The second kappa shape index (κ2) is 7.51. The predicted octanol–water partition coefficient (Wildman–Crippen LogP) is 2.35. The third-order valence-electron chi connectivity index (χ3n) is 4.57. The zero-order valence-electron chi connectivity index (χ0n) is 15.2. The van der Waals surface area contributed by atoms with Crippen molar-refractivity contribution < 1.29 is 5.32 Å². The number of rotatable bonds is 5. The van der Waals surface area contributed by atoms with Gasteiger partial charge in [-0.25, -0.2) is 4.98 Å². The van der Waals surface area contributed by atoms with Crippen LogP contribution >= 0.6 is 0 Å². The van der Waals surface area contributed by atoms with Gasteiger partial charge in [-0.15, -0.1) is 0 Å². The summed E-state index contributed by atoms with van der Waals surface area (Å²) in [4.78, 5) is 22.1. The van der Waals surface area contributed by atoms with Crippen LogP contribution in [0, 0.1) is 6.92 Å². The van der Waals surface area contributed by atoms with E-state index >= 15 is 0 Å². The number of aryl methyl sites for hydroxylation is 1. The van der Waals surface area contributed by atoms with Crippen molar-refractivity contribution in [2.24, 2.45) is 0 Å². The summed E-state index contributed by atoms with van der Waals surface area (Å²) in [7, 11) is 0. The minimum Gasteiger partial charge on any atom is -0.336 e. The Morgan fingerprint density at radius 1 is 0.963 bits per heavy atom. The Morgan fingerprint density at radius 3 is 2.56 bits per heavy atom. The van der Waals surface area contributed by atoms with E-state index < -0.39 is 0 Å². The Bertz CT molecular complexity index is 1120. The predicted molar refractivity (Wildman–Crippen MR) is 106 cm³/mol. The van der Waals surface area contributed by atoms with Crippen LogP contribution in [0.15, 0.2) is 77.9 Å². The highest BCUT2D eigenvalue weighted by molar-refractivity contribution is 5.77. The molecule has 0 radical (unpaired) electrons. The normalized spacial score (nSPS) is 11.0. The summed E-state index contributed by atoms with van der Waals surface area (Å²) in [6.45, 7) is 3.42. The van der Waals surface area contributed by atoms with Crippen molar-refractivity contribution in [3.63, 3.8) is 0 Å². The molecule has 5 nitrogen and oxygen atoms in total. The summed E-state index contributed by atoms with van der Waals surface area (Å²) in [5.74, 6) is 0.742. The average Bonchev–Trinajstić information content (AvgIpc) is 2.70. The van der Waals surface area contributed by atoms with Crippen LogP contribution in [0.2, 0.25) is 0 Å². The molecule has 4 rings (SSSR count). The van der Waals surface area contributed by atoms with Crippen LogP contribution in [0.5, 0.6) is 0 Å². The minimum atomic E-state index is -0.0331. The van der Waals surface area contributed by atoms with E-state index in [0.29, 0.717) is 11.9 Å². The van der Waals surface area contributed by atoms with Crippen LogP contribution in [-0.4, -0.2) is 14.5 Å². The average molecular weight is 357 g/mol. The molecule has 0 bridgehead atoms. The van der Waals surface area contributed by atoms with E-state index in [1.165, 1.54) is 0 Å². The van der Waals surface area contributed by atoms with Crippen molar-refractivity contribution in [3.8, 4) is 5.69 Å². The van der Waals surface area contributed by atoms with Crippen LogP contribution in [0.4, 0.5) is 0 Å². The highest BCUT2D eigenvalue weighted by atomic mass is 16.1. The molecule has 0 saturated carbocycles. The first-order valence-electron chi connectivity index (χ1n) is 9.00. The van der Waals surface area contributed by atoms with E-state index in [1.54, 1.807) is 10.8 Å². The van der Waals surface area contributed by atoms with Gasteiger partial charge in [-0.05, 0) is 37.3 Å². The van der Waals surface area contributed by atoms with Gasteiger partial charge in [0.2, 0.25) is 0 Å². The Morgan fingerprint density at radius 2 is 1.78 bits per heavy atom. The molecule has 0 spiro atoms. The van der Waals surface area contributed by atoms with Gasteiger partial charge in [0.25, 0.3) is 5.56 Å². The number of quaternary nitrogens is 1. The maximum Gasteiger partial charge on any atom is 0.266 e. The van der Waals surface area contributed by atoms with Gasteiger partial charge in [0.05, 0.1) is 16.6 Å². The van der Waals surface area contributed by atoms with Crippen molar-refractivity contribution in [1.82, 2.24) is 14.5 Å². The highest BCUT2D eigenvalue weighted by Crippen LogP contribution is 2.13. The van der Waals surface area contributed by atoms with E-state index in [9.17, 15) is 4.79 Å². The third-order valence-corrected chi connectivity index (χ3v) is 4.57. The topological polar surface area (TPSA) is 64.4 Å². The zero-order valence-corrected chi connectivity index (χ0v) is 15.2. The van der Waals surface area contributed by atoms with E-state index in [-0.39, 0.29) is 5.56 Å². The highest BCUT2D eigenvalue weighted by Gasteiger charge is 2.13. The molecule has 2 heterocycles. The van der Waals surface area contributed by atoms with Gasteiger partial charge in [0.1, 0.15) is 13.1 Å². The molecule has 27 heavy (non-hydrogen) atoms. The SMILES string of the molecule is Cc1ccc(-n2c(C[NH2+]Cc3cccnc3)nc3ccccc3c2=O)cc1. The quantitative estimate of drug-likeness (QED) is 0.596. The van der Waals surface area contributed by atoms with E-state index in [0.717, 1.165) is 34.7 Å². The zero-order chi connectivity index (χ0) is 18.6. The van der Waals surface area contributed by atoms with Gasteiger partial charge >= 0.3 is 0 Å². The molecule has 0 atom stereocenters. The molecule has 2 aromatic carbocycles. The van der Waals surface area contributed by atoms with E-state index in [2.05, 4.69) is 10.3 Å². The first kappa shape index (κ1) is 17.1. The smallest absolute Gasteiger partial charge is 0.266 e. The maximum atomic E-state index is 13.2. The van der Waals surface area contributed by atoms with Crippen LogP contribution < -0.4 is 10.9 Å². The fourth-order valence-electron chi connectivity index (χ4n) is 3.16. The lowest BCUT2D eigenvalue weighted by Gasteiger charge is -2.13.